The summed E-state index contributed by atoms with van der Waals surface area (Å²) in [7, 11) is 0. The highest BCUT2D eigenvalue weighted by Crippen LogP contribution is 2.36. The van der Waals surface area contributed by atoms with Gasteiger partial charge in [-0.2, -0.15) is 0 Å². The lowest BCUT2D eigenvalue weighted by Gasteiger charge is -2.33. The summed E-state index contributed by atoms with van der Waals surface area (Å²) in [5, 5.41) is 0. The van der Waals surface area contributed by atoms with E-state index < -0.39 is 11.6 Å². The molecular formula is C17H26N2O3. The molecule has 2 fully saturated rings. The molecule has 3 rings (SSSR count). The largest absolute Gasteiger partial charge is 0.444 e. The van der Waals surface area contributed by atoms with Gasteiger partial charge in [0.25, 0.3) is 0 Å². The summed E-state index contributed by atoms with van der Waals surface area (Å²) < 4.78 is 5.49. The molecular weight excluding hydrogens is 280 g/mol. The normalized spacial score (nSPS) is 34.5. The molecule has 0 aromatic rings. The number of hydrogen-bond acceptors (Lipinski definition) is 3. The second-order valence-electron chi connectivity index (χ2n) is 7.70. The van der Waals surface area contributed by atoms with Crippen molar-refractivity contribution in [2.45, 2.75) is 70.7 Å². The second kappa shape index (κ2) is 5.28. The Morgan fingerprint density at radius 1 is 1.23 bits per heavy atom. The van der Waals surface area contributed by atoms with Crippen LogP contribution in [0.25, 0.3) is 0 Å². The second-order valence-corrected chi connectivity index (χ2v) is 7.70. The predicted molar refractivity (Wildman–Crippen MR) is 83.3 cm³/mol. The van der Waals surface area contributed by atoms with Crippen LogP contribution in [0.3, 0.4) is 0 Å². The van der Waals surface area contributed by atoms with E-state index in [0.29, 0.717) is 6.54 Å². The van der Waals surface area contributed by atoms with Crippen molar-refractivity contribution >= 4 is 12.0 Å². The lowest BCUT2D eigenvalue weighted by Crippen LogP contribution is -2.52. The maximum absolute atomic E-state index is 13.0. The molecule has 2 saturated heterocycles. The van der Waals surface area contributed by atoms with Gasteiger partial charge in [0.2, 0.25) is 5.91 Å². The van der Waals surface area contributed by atoms with E-state index in [4.69, 9.17) is 4.74 Å². The molecule has 0 N–H and O–H groups in total. The molecule has 0 spiro atoms. The molecule has 3 heterocycles. The highest BCUT2D eigenvalue weighted by atomic mass is 16.6. The average molecular weight is 306 g/mol. The van der Waals surface area contributed by atoms with E-state index in [1.807, 2.05) is 25.7 Å². The Bertz CT molecular complexity index is 509. The molecule has 0 aliphatic carbocycles. The Balaban J connectivity index is 1.84. The maximum atomic E-state index is 13.0. The van der Waals surface area contributed by atoms with E-state index in [1.165, 1.54) is 0 Å². The fraction of sp³-hybridized carbons (Fsp3) is 0.765. The standard InChI is InChI=1S/C17H26N2O3/c1-11-5-7-13-8-6-12-9-10-18(14(12)15(20)19(11)13)16(21)22-17(2,3)4/h6,8,11-14H,5,7,9-10H2,1-4H3/t11-,12+,13?,14?/m1/s1. The van der Waals surface area contributed by atoms with Gasteiger partial charge in [0.15, 0.2) is 0 Å². The van der Waals surface area contributed by atoms with Gasteiger partial charge in [-0.05, 0) is 47.0 Å². The van der Waals surface area contributed by atoms with Gasteiger partial charge in [0.05, 0.1) is 6.04 Å². The minimum Gasteiger partial charge on any atom is -0.444 e. The Kier molecular flexibility index (Phi) is 3.69. The van der Waals surface area contributed by atoms with Crippen molar-refractivity contribution in [3.8, 4) is 0 Å². The number of likely N-dealkylation sites (tertiary alicyclic amines) is 1. The molecule has 0 aromatic heterocycles. The van der Waals surface area contributed by atoms with E-state index in [1.54, 1.807) is 4.90 Å². The van der Waals surface area contributed by atoms with Crippen LogP contribution in [0.5, 0.6) is 0 Å². The molecule has 122 valence electrons. The van der Waals surface area contributed by atoms with E-state index >= 15 is 0 Å². The van der Waals surface area contributed by atoms with Crippen LogP contribution in [0.15, 0.2) is 12.2 Å². The molecule has 4 atom stereocenters. The third-order valence-electron chi connectivity index (χ3n) is 4.87. The van der Waals surface area contributed by atoms with Crippen LogP contribution >= 0.6 is 0 Å². The number of carbonyl (C=O) groups excluding carboxylic acids is 2. The predicted octanol–water partition coefficient (Wildman–Crippen LogP) is 2.56. The number of nitrogens with zero attached hydrogens (tertiary/aromatic N) is 2. The molecule has 0 saturated carbocycles. The SMILES string of the molecule is C[C@@H]1CCC2C=C[C@H]3CCN(C(=O)OC(C)(C)C)C3C(=O)N21. The zero-order valence-electron chi connectivity index (χ0n) is 13.9. The Morgan fingerprint density at radius 2 is 1.95 bits per heavy atom. The van der Waals surface area contributed by atoms with Crippen molar-refractivity contribution in [1.29, 1.82) is 0 Å². The smallest absolute Gasteiger partial charge is 0.410 e. The zero-order chi connectivity index (χ0) is 16.1. The number of fused-ring (bicyclic) bond motifs is 2. The molecule has 5 heteroatoms. The van der Waals surface area contributed by atoms with Gasteiger partial charge in [-0.25, -0.2) is 4.79 Å². The van der Waals surface area contributed by atoms with E-state index in [0.717, 1.165) is 19.3 Å². The van der Waals surface area contributed by atoms with E-state index in [2.05, 4.69) is 19.1 Å². The van der Waals surface area contributed by atoms with Gasteiger partial charge < -0.3 is 9.64 Å². The summed E-state index contributed by atoms with van der Waals surface area (Å²) in [6.07, 6.45) is 6.84. The van der Waals surface area contributed by atoms with Crippen LogP contribution in [0, 0.1) is 5.92 Å². The topological polar surface area (TPSA) is 49.9 Å². The first-order chi connectivity index (χ1) is 10.3. The summed E-state index contributed by atoms with van der Waals surface area (Å²) in [4.78, 5) is 29.1. The Labute approximate surface area is 132 Å². The van der Waals surface area contributed by atoms with Crippen molar-refractivity contribution in [3.63, 3.8) is 0 Å². The minimum atomic E-state index is -0.539. The van der Waals surface area contributed by atoms with Gasteiger partial charge in [-0.1, -0.05) is 12.2 Å². The molecule has 2 unspecified atom stereocenters. The average Bonchev–Trinajstić information content (AvgIpc) is 2.94. The van der Waals surface area contributed by atoms with Gasteiger partial charge in [0.1, 0.15) is 11.6 Å². The summed E-state index contributed by atoms with van der Waals surface area (Å²) in [6.45, 7) is 8.25. The Morgan fingerprint density at radius 3 is 2.64 bits per heavy atom. The van der Waals surface area contributed by atoms with Crippen LogP contribution < -0.4 is 0 Å². The highest BCUT2D eigenvalue weighted by molar-refractivity contribution is 5.88. The first-order valence-corrected chi connectivity index (χ1v) is 8.28. The fourth-order valence-electron chi connectivity index (χ4n) is 3.87. The fourth-order valence-corrected chi connectivity index (χ4v) is 3.87. The lowest BCUT2D eigenvalue weighted by atomic mass is 9.99. The first-order valence-electron chi connectivity index (χ1n) is 8.28. The van der Waals surface area contributed by atoms with Crippen molar-refractivity contribution in [2.75, 3.05) is 6.54 Å². The van der Waals surface area contributed by atoms with Crippen LogP contribution in [-0.2, 0) is 9.53 Å². The van der Waals surface area contributed by atoms with Gasteiger partial charge in [-0.3, -0.25) is 9.69 Å². The van der Waals surface area contributed by atoms with Crippen LogP contribution in [0.4, 0.5) is 4.79 Å². The van der Waals surface area contributed by atoms with E-state index in [-0.39, 0.29) is 30.0 Å². The van der Waals surface area contributed by atoms with Crippen LogP contribution in [-0.4, -0.2) is 52.1 Å². The molecule has 0 aromatic carbocycles. The third-order valence-corrected chi connectivity index (χ3v) is 4.87. The molecule has 22 heavy (non-hydrogen) atoms. The van der Waals surface area contributed by atoms with Crippen molar-refractivity contribution in [2.24, 2.45) is 5.92 Å². The highest BCUT2D eigenvalue weighted by Gasteiger charge is 2.48. The summed E-state index contributed by atoms with van der Waals surface area (Å²) in [5.74, 6) is 0.214. The molecule has 0 radical (unpaired) electrons. The monoisotopic (exact) mass is 306 g/mol. The van der Waals surface area contributed by atoms with Crippen molar-refractivity contribution < 1.29 is 14.3 Å². The summed E-state index contributed by atoms with van der Waals surface area (Å²) >= 11 is 0. The Hall–Kier alpha value is -1.52. The molecule has 3 aliphatic heterocycles. The number of amides is 2. The van der Waals surface area contributed by atoms with E-state index in [9.17, 15) is 9.59 Å². The molecule has 0 bridgehead atoms. The van der Waals surface area contributed by atoms with Crippen LogP contribution in [0.1, 0.15) is 47.0 Å². The zero-order valence-corrected chi connectivity index (χ0v) is 13.9. The first kappa shape index (κ1) is 15.4. The number of carbonyl (C=O) groups is 2. The molecule has 2 amide bonds. The van der Waals surface area contributed by atoms with Gasteiger partial charge in [-0.15, -0.1) is 0 Å². The summed E-state index contributed by atoms with van der Waals surface area (Å²) in [5.41, 5.74) is -0.539. The maximum Gasteiger partial charge on any atom is 0.410 e. The quantitative estimate of drug-likeness (QED) is 0.646. The van der Waals surface area contributed by atoms with Gasteiger partial charge in [0, 0.05) is 18.5 Å². The number of hydrogen-bond donors (Lipinski definition) is 0. The number of rotatable bonds is 0. The van der Waals surface area contributed by atoms with Crippen molar-refractivity contribution in [1.82, 2.24) is 9.80 Å². The minimum absolute atomic E-state index is 0.0911. The van der Waals surface area contributed by atoms with Gasteiger partial charge >= 0.3 is 6.09 Å². The summed E-state index contributed by atoms with van der Waals surface area (Å²) in [6, 6.07) is 0.0622. The molecule has 5 nitrogen and oxygen atoms in total. The van der Waals surface area contributed by atoms with Crippen LogP contribution in [0.2, 0.25) is 0 Å². The van der Waals surface area contributed by atoms with Crippen molar-refractivity contribution in [3.05, 3.63) is 12.2 Å². The third kappa shape index (κ3) is 2.61. The number of ether oxygens (including phenoxy) is 1. The molecule has 3 aliphatic rings. The lowest BCUT2D eigenvalue weighted by molar-refractivity contribution is -0.138.